The molecule has 1 saturated carbocycles. The second-order valence-corrected chi connectivity index (χ2v) is 7.96. The van der Waals surface area contributed by atoms with Gasteiger partial charge in [0.25, 0.3) is 0 Å². The molecular formula is C20H31N5O. The summed E-state index contributed by atoms with van der Waals surface area (Å²) in [5.74, 6) is 0.783. The van der Waals surface area contributed by atoms with Gasteiger partial charge in [-0.05, 0) is 38.2 Å². The predicted octanol–water partition coefficient (Wildman–Crippen LogP) is 2.91. The Morgan fingerprint density at radius 3 is 2.77 bits per heavy atom. The fourth-order valence-electron chi connectivity index (χ4n) is 4.33. The van der Waals surface area contributed by atoms with Crippen molar-refractivity contribution < 1.29 is 4.74 Å². The Hall–Kier alpha value is -1.66. The lowest BCUT2D eigenvalue weighted by Gasteiger charge is -2.29. The van der Waals surface area contributed by atoms with Crippen LogP contribution in [0.2, 0.25) is 0 Å². The topological polar surface area (TPSA) is 48.1 Å². The van der Waals surface area contributed by atoms with E-state index in [1.165, 1.54) is 42.6 Å². The smallest absolute Gasteiger partial charge is 0.0622 e. The molecule has 0 saturated heterocycles. The normalized spacial score (nSPS) is 21.8. The molecule has 1 aliphatic heterocycles. The van der Waals surface area contributed by atoms with E-state index in [1.807, 2.05) is 24.1 Å². The van der Waals surface area contributed by atoms with Crippen LogP contribution in [0, 0.1) is 12.8 Å². The Morgan fingerprint density at radius 2 is 2.00 bits per heavy atom. The summed E-state index contributed by atoms with van der Waals surface area (Å²) in [5.41, 5.74) is 3.85. The average molecular weight is 358 g/mol. The predicted molar refractivity (Wildman–Crippen MR) is 101 cm³/mol. The highest BCUT2D eigenvalue weighted by Gasteiger charge is 2.26. The third-order valence-electron chi connectivity index (χ3n) is 6.21. The van der Waals surface area contributed by atoms with Crippen LogP contribution in [0.1, 0.15) is 49.1 Å². The molecule has 6 heteroatoms. The summed E-state index contributed by atoms with van der Waals surface area (Å²) in [6.07, 6.45) is 10.5. The fraction of sp³-hybridized carbons (Fsp3) is 0.700. The van der Waals surface area contributed by atoms with E-state index < -0.39 is 0 Å². The van der Waals surface area contributed by atoms with Gasteiger partial charge in [-0.25, -0.2) is 0 Å². The quantitative estimate of drug-likeness (QED) is 0.798. The molecule has 26 heavy (non-hydrogen) atoms. The number of aromatic nitrogens is 4. The van der Waals surface area contributed by atoms with Gasteiger partial charge < -0.3 is 4.74 Å². The summed E-state index contributed by atoms with van der Waals surface area (Å²) in [7, 11) is 2.01. The molecule has 1 fully saturated rings. The zero-order chi connectivity index (χ0) is 17.9. The van der Waals surface area contributed by atoms with E-state index in [0.29, 0.717) is 6.04 Å². The number of nitrogens with zero attached hydrogens (tertiary/aromatic N) is 5. The number of hydrogen-bond acceptors (Lipinski definition) is 4. The molecule has 1 aliphatic carbocycles. The number of hydrogen-bond donors (Lipinski definition) is 0. The molecule has 1 unspecified atom stereocenters. The summed E-state index contributed by atoms with van der Waals surface area (Å²) in [6, 6.07) is 2.57. The second-order valence-electron chi connectivity index (χ2n) is 7.96. The Kier molecular flexibility index (Phi) is 5.41. The molecule has 3 heterocycles. The van der Waals surface area contributed by atoms with E-state index in [9.17, 15) is 0 Å². The van der Waals surface area contributed by atoms with E-state index in [1.54, 1.807) is 0 Å². The van der Waals surface area contributed by atoms with E-state index >= 15 is 0 Å². The van der Waals surface area contributed by atoms with E-state index in [4.69, 9.17) is 4.74 Å². The standard InChI is InChI=1S/C20H31N5O/c1-16-18(11-22-23(16)2)12-24-13-19-7-9-21-25(19)10-8-20(24)15-26-14-17-5-3-4-6-17/h7,9,11,17,20H,3-6,8,10,12-15H2,1-2H3. The van der Waals surface area contributed by atoms with Crippen LogP contribution in [0.3, 0.4) is 0 Å². The molecule has 2 aromatic heterocycles. The number of ether oxygens (including phenoxy) is 1. The third kappa shape index (κ3) is 3.86. The number of rotatable bonds is 6. The first kappa shape index (κ1) is 17.7. The largest absolute Gasteiger partial charge is 0.380 e. The van der Waals surface area contributed by atoms with Crippen LogP contribution in [-0.2, 0) is 31.4 Å². The van der Waals surface area contributed by atoms with Gasteiger partial charge in [0, 0.05) is 56.8 Å². The molecular weight excluding hydrogens is 326 g/mol. The molecule has 0 N–H and O–H groups in total. The van der Waals surface area contributed by atoms with Crippen molar-refractivity contribution in [1.29, 1.82) is 0 Å². The minimum Gasteiger partial charge on any atom is -0.380 e. The van der Waals surface area contributed by atoms with Gasteiger partial charge in [-0.15, -0.1) is 0 Å². The maximum absolute atomic E-state index is 6.20. The minimum absolute atomic E-state index is 0.428. The first-order chi connectivity index (χ1) is 12.7. The molecule has 142 valence electrons. The molecule has 2 aromatic rings. The van der Waals surface area contributed by atoms with Gasteiger partial charge in [0.05, 0.1) is 18.5 Å². The van der Waals surface area contributed by atoms with Crippen LogP contribution < -0.4 is 0 Å². The first-order valence-electron chi connectivity index (χ1n) is 10.0. The molecule has 2 aliphatic rings. The molecule has 0 bridgehead atoms. The number of fused-ring (bicyclic) bond motifs is 1. The molecule has 0 spiro atoms. The minimum atomic E-state index is 0.428. The zero-order valence-corrected chi connectivity index (χ0v) is 16.1. The Labute approximate surface area is 156 Å². The summed E-state index contributed by atoms with van der Waals surface area (Å²) < 4.78 is 10.3. The van der Waals surface area contributed by atoms with Gasteiger partial charge in [0.2, 0.25) is 0 Å². The summed E-state index contributed by atoms with van der Waals surface area (Å²) in [6.45, 7) is 6.72. The maximum atomic E-state index is 6.20. The van der Waals surface area contributed by atoms with Gasteiger partial charge in [0.15, 0.2) is 0 Å². The van der Waals surface area contributed by atoms with Gasteiger partial charge in [-0.3, -0.25) is 14.3 Å². The van der Waals surface area contributed by atoms with E-state index in [2.05, 4.69) is 32.8 Å². The van der Waals surface area contributed by atoms with Crippen LogP contribution >= 0.6 is 0 Å². The van der Waals surface area contributed by atoms with Crippen molar-refractivity contribution in [2.75, 3.05) is 13.2 Å². The highest BCUT2D eigenvalue weighted by molar-refractivity contribution is 5.16. The lowest BCUT2D eigenvalue weighted by atomic mass is 10.1. The maximum Gasteiger partial charge on any atom is 0.0622 e. The molecule has 0 radical (unpaired) electrons. The molecule has 6 nitrogen and oxygen atoms in total. The monoisotopic (exact) mass is 357 g/mol. The SMILES string of the molecule is Cc1c(CN2Cc3ccnn3CCC2COCC2CCCC2)cnn1C. The average Bonchev–Trinajstić information content (AvgIpc) is 3.35. The molecule has 0 amide bonds. The van der Waals surface area contributed by atoms with Gasteiger partial charge >= 0.3 is 0 Å². The van der Waals surface area contributed by atoms with Gasteiger partial charge in [0.1, 0.15) is 0 Å². The van der Waals surface area contributed by atoms with Gasteiger partial charge in [-0.2, -0.15) is 10.2 Å². The van der Waals surface area contributed by atoms with Crippen molar-refractivity contribution in [3.05, 3.63) is 35.4 Å². The first-order valence-corrected chi connectivity index (χ1v) is 10.0. The lowest BCUT2D eigenvalue weighted by Crippen LogP contribution is -2.37. The zero-order valence-electron chi connectivity index (χ0n) is 16.1. The highest BCUT2D eigenvalue weighted by atomic mass is 16.5. The van der Waals surface area contributed by atoms with Crippen molar-refractivity contribution >= 4 is 0 Å². The second kappa shape index (κ2) is 7.92. The summed E-state index contributed by atoms with van der Waals surface area (Å²) in [4.78, 5) is 2.55. The third-order valence-corrected chi connectivity index (χ3v) is 6.21. The Balaban J connectivity index is 1.44. The van der Waals surface area contributed by atoms with Crippen LogP contribution in [0.15, 0.2) is 18.5 Å². The van der Waals surface area contributed by atoms with E-state index in [-0.39, 0.29) is 0 Å². The van der Waals surface area contributed by atoms with Crippen LogP contribution in [0.4, 0.5) is 0 Å². The van der Waals surface area contributed by atoms with Crippen molar-refractivity contribution in [2.45, 2.75) is 64.7 Å². The highest BCUT2D eigenvalue weighted by Crippen LogP contribution is 2.26. The summed E-state index contributed by atoms with van der Waals surface area (Å²) in [5, 5.41) is 8.91. The van der Waals surface area contributed by atoms with Crippen molar-refractivity contribution in [2.24, 2.45) is 13.0 Å². The number of aryl methyl sites for hydroxylation is 2. The lowest BCUT2D eigenvalue weighted by molar-refractivity contribution is 0.0340. The van der Waals surface area contributed by atoms with Crippen LogP contribution in [0.5, 0.6) is 0 Å². The molecule has 4 rings (SSSR count). The fourth-order valence-corrected chi connectivity index (χ4v) is 4.33. The van der Waals surface area contributed by atoms with Crippen molar-refractivity contribution in [3.8, 4) is 0 Å². The van der Waals surface area contributed by atoms with Crippen LogP contribution in [0.25, 0.3) is 0 Å². The Bertz CT molecular complexity index is 716. The Morgan fingerprint density at radius 1 is 1.15 bits per heavy atom. The molecule has 1 atom stereocenters. The van der Waals surface area contributed by atoms with Crippen LogP contribution in [-0.4, -0.2) is 43.7 Å². The summed E-state index contributed by atoms with van der Waals surface area (Å²) >= 11 is 0. The van der Waals surface area contributed by atoms with Crippen molar-refractivity contribution in [1.82, 2.24) is 24.5 Å². The van der Waals surface area contributed by atoms with E-state index in [0.717, 1.165) is 45.2 Å². The van der Waals surface area contributed by atoms with Gasteiger partial charge in [-0.1, -0.05) is 12.8 Å². The van der Waals surface area contributed by atoms with Crippen molar-refractivity contribution in [3.63, 3.8) is 0 Å². The molecule has 0 aromatic carbocycles.